The van der Waals surface area contributed by atoms with E-state index in [1.54, 1.807) is 0 Å². The highest BCUT2D eigenvalue weighted by atomic mass is 35.7. The van der Waals surface area contributed by atoms with Crippen molar-refractivity contribution < 1.29 is 17.9 Å². The molecule has 0 bridgehead atoms. The van der Waals surface area contributed by atoms with Crippen molar-refractivity contribution in [1.82, 2.24) is 5.32 Å². The molecule has 1 saturated carbocycles. The van der Waals surface area contributed by atoms with E-state index in [0.29, 0.717) is 12.8 Å². The average Bonchev–Trinajstić information content (AvgIpc) is 3.16. The summed E-state index contributed by atoms with van der Waals surface area (Å²) < 4.78 is 26.9. The number of carbonyl (C=O) groups excluding carboxylic acids is 1. The van der Waals surface area contributed by atoms with Crippen LogP contribution in [0.5, 0.6) is 0 Å². The van der Waals surface area contributed by atoms with Crippen LogP contribution in [-0.4, -0.2) is 25.8 Å². The molecule has 1 amide bonds. The monoisotopic (exact) mass is 331 g/mol. The van der Waals surface area contributed by atoms with Gasteiger partial charge in [-0.25, -0.2) is 13.2 Å². The average molecular weight is 332 g/mol. The van der Waals surface area contributed by atoms with E-state index in [1.807, 2.05) is 30.3 Å². The Morgan fingerprint density at radius 1 is 1.29 bits per heavy atom. The van der Waals surface area contributed by atoms with Gasteiger partial charge < -0.3 is 10.1 Å². The van der Waals surface area contributed by atoms with Crippen molar-refractivity contribution in [3.05, 3.63) is 35.9 Å². The Morgan fingerprint density at radius 3 is 2.52 bits per heavy atom. The molecule has 1 aliphatic carbocycles. The SMILES string of the molecule is O=C(NC1(CCCS(=O)(=O)Cl)CC1)OCc1ccccc1. The molecule has 0 atom stereocenters. The van der Waals surface area contributed by atoms with Crippen molar-refractivity contribution in [3.8, 4) is 0 Å². The van der Waals surface area contributed by atoms with Gasteiger partial charge in [0.2, 0.25) is 9.05 Å². The summed E-state index contributed by atoms with van der Waals surface area (Å²) >= 11 is 0. The third kappa shape index (κ3) is 5.93. The fourth-order valence-corrected chi connectivity index (χ4v) is 2.96. The molecule has 1 aromatic rings. The maximum atomic E-state index is 11.8. The van der Waals surface area contributed by atoms with E-state index < -0.39 is 15.1 Å². The lowest BCUT2D eigenvalue weighted by molar-refractivity contribution is 0.133. The maximum absolute atomic E-state index is 11.8. The number of alkyl carbamates (subject to hydrolysis) is 1. The Morgan fingerprint density at radius 2 is 1.95 bits per heavy atom. The number of benzene rings is 1. The molecule has 21 heavy (non-hydrogen) atoms. The van der Waals surface area contributed by atoms with Crippen LogP contribution in [0.1, 0.15) is 31.2 Å². The molecule has 1 aliphatic rings. The molecule has 0 radical (unpaired) electrons. The van der Waals surface area contributed by atoms with Crippen LogP contribution in [0.15, 0.2) is 30.3 Å². The first-order valence-corrected chi connectivity index (χ1v) is 9.28. The third-order valence-corrected chi connectivity index (χ3v) is 4.72. The van der Waals surface area contributed by atoms with Crippen molar-refractivity contribution in [2.75, 3.05) is 5.75 Å². The quantitative estimate of drug-likeness (QED) is 0.780. The van der Waals surface area contributed by atoms with Crippen LogP contribution in [0.4, 0.5) is 4.79 Å². The van der Waals surface area contributed by atoms with E-state index in [0.717, 1.165) is 18.4 Å². The highest BCUT2D eigenvalue weighted by Gasteiger charge is 2.43. The second-order valence-corrected chi connectivity index (χ2v) is 8.21. The zero-order chi connectivity index (χ0) is 15.3. The zero-order valence-corrected chi connectivity index (χ0v) is 13.1. The van der Waals surface area contributed by atoms with E-state index in [9.17, 15) is 13.2 Å². The van der Waals surface area contributed by atoms with Crippen molar-refractivity contribution in [2.24, 2.45) is 0 Å². The van der Waals surface area contributed by atoms with Crippen molar-refractivity contribution in [1.29, 1.82) is 0 Å². The van der Waals surface area contributed by atoms with E-state index in [2.05, 4.69) is 5.32 Å². The van der Waals surface area contributed by atoms with Gasteiger partial charge in [-0.15, -0.1) is 0 Å². The molecule has 0 spiro atoms. The van der Waals surface area contributed by atoms with Gasteiger partial charge in [-0.05, 0) is 31.2 Å². The molecule has 0 aromatic heterocycles. The fraction of sp³-hybridized carbons (Fsp3) is 0.500. The zero-order valence-electron chi connectivity index (χ0n) is 11.5. The van der Waals surface area contributed by atoms with Gasteiger partial charge in [-0.3, -0.25) is 0 Å². The van der Waals surface area contributed by atoms with Crippen LogP contribution < -0.4 is 5.32 Å². The Kier molecular flexibility index (Phi) is 5.11. The number of halogens is 1. The Bertz CT molecular complexity index is 584. The summed E-state index contributed by atoms with van der Waals surface area (Å²) in [6.45, 7) is 0.221. The van der Waals surface area contributed by atoms with Crippen LogP contribution in [-0.2, 0) is 20.4 Å². The minimum atomic E-state index is -3.47. The van der Waals surface area contributed by atoms with Gasteiger partial charge in [0.15, 0.2) is 0 Å². The van der Waals surface area contributed by atoms with E-state index in [4.69, 9.17) is 15.4 Å². The normalized spacial score (nSPS) is 16.2. The summed E-state index contributed by atoms with van der Waals surface area (Å²) in [6, 6.07) is 9.42. The molecule has 0 heterocycles. The number of amides is 1. The van der Waals surface area contributed by atoms with Crippen LogP contribution in [0.3, 0.4) is 0 Å². The molecular formula is C14H18ClNO4S. The second kappa shape index (κ2) is 6.66. The number of hydrogen-bond donors (Lipinski definition) is 1. The summed E-state index contributed by atoms with van der Waals surface area (Å²) in [5.41, 5.74) is 0.612. The maximum Gasteiger partial charge on any atom is 0.407 e. The fourth-order valence-electron chi connectivity index (χ4n) is 2.15. The largest absolute Gasteiger partial charge is 0.445 e. The number of ether oxygens (including phenoxy) is 1. The van der Waals surface area contributed by atoms with Crippen LogP contribution >= 0.6 is 10.7 Å². The molecule has 0 saturated heterocycles. The molecule has 7 heteroatoms. The molecular weight excluding hydrogens is 314 g/mol. The van der Waals surface area contributed by atoms with Gasteiger partial charge >= 0.3 is 6.09 Å². The predicted octanol–water partition coefficient (Wildman–Crippen LogP) is 2.79. The smallest absolute Gasteiger partial charge is 0.407 e. The van der Waals surface area contributed by atoms with Gasteiger partial charge in [0.05, 0.1) is 5.75 Å². The number of nitrogens with one attached hydrogen (secondary N) is 1. The number of carbonyl (C=O) groups is 1. The van der Waals surface area contributed by atoms with E-state index >= 15 is 0 Å². The van der Waals surface area contributed by atoms with Crippen LogP contribution in [0, 0.1) is 0 Å². The summed E-state index contributed by atoms with van der Waals surface area (Å²) in [5, 5.41) is 2.82. The van der Waals surface area contributed by atoms with Crippen LogP contribution in [0.25, 0.3) is 0 Å². The molecule has 0 unspecified atom stereocenters. The molecule has 5 nitrogen and oxygen atoms in total. The molecule has 1 N–H and O–H groups in total. The lowest BCUT2D eigenvalue weighted by Gasteiger charge is -2.16. The molecule has 2 rings (SSSR count). The van der Waals surface area contributed by atoms with Crippen LogP contribution in [0.2, 0.25) is 0 Å². The molecule has 0 aliphatic heterocycles. The lowest BCUT2D eigenvalue weighted by Crippen LogP contribution is -2.37. The van der Waals surface area contributed by atoms with E-state index in [-0.39, 0.29) is 17.9 Å². The first kappa shape index (κ1) is 16.1. The van der Waals surface area contributed by atoms with Gasteiger partial charge in [-0.1, -0.05) is 30.3 Å². The topological polar surface area (TPSA) is 72.5 Å². The lowest BCUT2D eigenvalue weighted by atomic mass is 10.1. The summed E-state index contributed by atoms with van der Waals surface area (Å²) in [6.07, 6.45) is 2.25. The van der Waals surface area contributed by atoms with Gasteiger partial charge in [-0.2, -0.15) is 0 Å². The molecule has 1 fully saturated rings. The standard InChI is InChI=1S/C14H18ClNO4S/c15-21(18,19)10-4-7-14(8-9-14)16-13(17)20-11-12-5-2-1-3-6-12/h1-3,5-6H,4,7-11H2,(H,16,17). The van der Waals surface area contributed by atoms with E-state index in [1.165, 1.54) is 0 Å². The van der Waals surface area contributed by atoms with Crippen molar-refractivity contribution in [2.45, 2.75) is 37.8 Å². The summed E-state index contributed by atoms with van der Waals surface area (Å²) in [4.78, 5) is 11.8. The molecule has 1 aromatic carbocycles. The Hall–Kier alpha value is -1.27. The second-order valence-electron chi connectivity index (χ2n) is 5.31. The third-order valence-electron chi connectivity index (χ3n) is 3.48. The Labute approximate surface area is 129 Å². The number of hydrogen-bond acceptors (Lipinski definition) is 4. The Balaban J connectivity index is 1.72. The summed E-state index contributed by atoms with van der Waals surface area (Å²) in [7, 11) is 1.70. The first-order valence-electron chi connectivity index (χ1n) is 6.80. The minimum Gasteiger partial charge on any atom is -0.445 e. The van der Waals surface area contributed by atoms with Gasteiger partial charge in [0.1, 0.15) is 6.61 Å². The molecule has 116 valence electrons. The predicted molar refractivity (Wildman–Crippen MR) is 80.6 cm³/mol. The van der Waals surface area contributed by atoms with Gasteiger partial charge in [0, 0.05) is 16.2 Å². The highest BCUT2D eigenvalue weighted by Crippen LogP contribution is 2.40. The van der Waals surface area contributed by atoms with Crippen molar-refractivity contribution >= 4 is 25.8 Å². The highest BCUT2D eigenvalue weighted by molar-refractivity contribution is 8.13. The minimum absolute atomic E-state index is 0.0724. The summed E-state index contributed by atoms with van der Waals surface area (Å²) in [5.74, 6) is -0.0724. The number of rotatable bonds is 7. The van der Waals surface area contributed by atoms with Crippen molar-refractivity contribution in [3.63, 3.8) is 0 Å². The first-order chi connectivity index (χ1) is 9.89. The van der Waals surface area contributed by atoms with Gasteiger partial charge in [0.25, 0.3) is 0 Å².